The van der Waals surface area contributed by atoms with Crippen molar-refractivity contribution in [2.45, 2.75) is 32.9 Å². The fraction of sp³-hybridized carbons (Fsp3) is 0.348. The molecule has 0 fully saturated rings. The molecule has 0 aliphatic rings. The molecule has 0 aliphatic carbocycles. The number of methoxy groups -OCH3 is 1. The van der Waals surface area contributed by atoms with Crippen molar-refractivity contribution < 1.29 is 9.64 Å². The monoisotopic (exact) mass is 422 g/mol. The van der Waals surface area contributed by atoms with Gasteiger partial charge in [-0.15, -0.1) is 5.10 Å². The van der Waals surface area contributed by atoms with Gasteiger partial charge in [0.05, 0.1) is 38.9 Å². The maximum Gasteiger partial charge on any atom is 0.207 e. The number of quaternary nitrogens is 1. The van der Waals surface area contributed by atoms with E-state index in [1.807, 2.05) is 42.1 Å². The first-order valence-corrected chi connectivity index (χ1v) is 10.5. The summed E-state index contributed by atoms with van der Waals surface area (Å²) in [5.41, 5.74) is 3.23. The number of para-hydroxylation sites is 1. The average Bonchev–Trinajstić information content (AvgIpc) is 3.08. The first-order chi connectivity index (χ1) is 14.5. The van der Waals surface area contributed by atoms with Gasteiger partial charge in [-0.1, -0.05) is 32.0 Å². The summed E-state index contributed by atoms with van der Waals surface area (Å²) in [6.07, 6.45) is 0.501. The second-order valence-electron chi connectivity index (χ2n) is 7.66. The van der Waals surface area contributed by atoms with E-state index in [0.29, 0.717) is 23.8 Å². The molecule has 1 N–H and O–H groups in total. The number of hydrogen-bond acceptors (Lipinski definition) is 4. The van der Waals surface area contributed by atoms with Crippen LogP contribution in [-0.4, -0.2) is 35.0 Å². The fourth-order valence-corrected chi connectivity index (χ4v) is 3.73. The molecule has 3 rings (SSSR count). The van der Waals surface area contributed by atoms with Crippen LogP contribution < -0.4 is 9.64 Å². The molecule has 1 aromatic heterocycles. The van der Waals surface area contributed by atoms with Crippen molar-refractivity contribution in [3.63, 3.8) is 0 Å². The minimum Gasteiger partial charge on any atom is -0.497 e. The predicted molar refractivity (Wildman–Crippen MR) is 120 cm³/mol. The summed E-state index contributed by atoms with van der Waals surface area (Å²) in [5.74, 6) is 1.94. The molecule has 0 aliphatic heterocycles. The molecule has 0 saturated carbocycles. The topological polar surface area (TPSA) is 60.2 Å². The summed E-state index contributed by atoms with van der Waals surface area (Å²) < 4.78 is 9.87. The second-order valence-corrected chi connectivity index (χ2v) is 8.02. The zero-order valence-electron chi connectivity index (χ0n) is 17.9. The van der Waals surface area contributed by atoms with Gasteiger partial charge in [0, 0.05) is 5.56 Å². The Morgan fingerprint density at radius 1 is 1.17 bits per heavy atom. The number of nitriles is 1. The third-order valence-electron chi connectivity index (χ3n) is 5.07. The van der Waals surface area contributed by atoms with Crippen LogP contribution in [0.2, 0.25) is 0 Å². The lowest BCUT2D eigenvalue weighted by atomic mass is 10.0. The van der Waals surface area contributed by atoms with E-state index in [1.165, 1.54) is 10.5 Å². The van der Waals surface area contributed by atoms with Gasteiger partial charge in [0.2, 0.25) is 4.77 Å². The van der Waals surface area contributed by atoms with E-state index in [0.717, 1.165) is 29.4 Å². The molecular formula is C23H28N5OS+. The van der Waals surface area contributed by atoms with Crippen molar-refractivity contribution >= 4 is 12.2 Å². The molecule has 1 atom stereocenters. The van der Waals surface area contributed by atoms with Gasteiger partial charge in [-0.05, 0) is 54.0 Å². The molecule has 7 heteroatoms. The van der Waals surface area contributed by atoms with Gasteiger partial charge >= 0.3 is 0 Å². The molecule has 0 saturated heterocycles. The number of nitrogens with zero attached hydrogens (tertiary/aromatic N) is 4. The van der Waals surface area contributed by atoms with E-state index in [9.17, 15) is 0 Å². The number of nitrogens with one attached hydrogen (secondary N) is 1. The highest BCUT2D eigenvalue weighted by Gasteiger charge is 2.19. The smallest absolute Gasteiger partial charge is 0.207 e. The van der Waals surface area contributed by atoms with Crippen molar-refractivity contribution in [1.29, 1.82) is 5.26 Å². The minimum atomic E-state index is 0.346. The Labute approximate surface area is 182 Å². The zero-order valence-corrected chi connectivity index (χ0v) is 18.7. The Kier molecular flexibility index (Phi) is 7.03. The van der Waals surface area contributed by atoms with E-state index in [1.54, 1.807) is 7.11 Å². The van der Waals surface area contributed by atoms with Crippen LogP contribution in [0.25, 0.3) is 17.1 Å². The van der Waals surface area contributed by atoms with E-state index in [4.69, 9.17) is 27.3 Å². The Bertz CT molecular complexity index is 1090. The van der Waals surface area contributed by atoms with Crippen LogP contribution in [0.3, 0.4) is 0 Å². The molecule has 2 aromatic carbocycles. The van der Waals surface area contributed by atoms with Crippen LogP contribution in [0.4, 0.5) is 0 Å². The van der Waals surface area contributed by atoms with Crippen molar-refractivity contribution in [1.82, 2.24) is 14.3 Å². The SMILES string of the molecule is COc1ccc(-c2nn(C[NH+](C)CCC#N)c(=S)n2-c2ccccc2C(C)C)cc1. The fourth-order valence-electron chi connectivity index (χ4n) is 3.44. The number of ether oxygens (including phenoxy) is 1. The van der Waals surface area contributed by atoms with E-state index in [-0.39, 0.29) is 0 Å². The minimum absolute atomic E-state index is 0.346. The van der Waals surface area contributed by atoms with Crippen LogP contribution in [0.15, 0.2) is 48.5 Å². The van der Waals surface area contributed by atoms with Gasteiger partial charge in [0.1, 0.15) is 5.75 Å². The number of hydrogen-bond donors (Lipinski definition) is 1. The molecule has 3 aromatic rings. The van der Waals surface area contributed by atoms with Gasteiger partial charge in [0.25, 0.3) is 0 Å². The molecule has 1 heterocycles. The molecule has 0 spiro atoms. The third-order valence-corrected chi connectivity index (χ3v) is 5.46. The normalized spacial score (nSPS) is 12.0. The standard InChI is InChI=1S/C23H27N5OS/c1-17(2)20-8-5-6-9-21(20)28-22(18-10-12-19(29-4)13-11-18)25-27(23(28)30)16-26(3)15-7-14-24/h5-6,8-13,17H,7,15-16H2,1-4H3/p+1. The summed E-state index contributed by atoms with van der Waals surface area (Å²) in [6, 6.07) is 18.4. The van der Waals surface area contributed by atoms with E-state index < -0.39 is 0 Å². The first kappa shape index (κ1) is 21.8. The van der Waals surface area contributed by atoms with Gasteiger partial charge in [-0.3, -0.25) is 4.57 Å². The number of benzene rings is 2. The average molecular weight is 423 g/mol. The molecule has 6 nitrogen and oxygen atoms in total. The number of rotatable bonds is 8. The van der Waals surface area contributed by atoms with Crippen molar-refractivity contribution in [3.05, 3.63) is 58.9 Å². The lowest BCUT2D eigenvalue weighted by molar-refractivity contribution is -0.903. The van der Waals surface area contributed by atoms with Gasteiger partial charge in [0.15, 0.2) is 12.5 Å². The largest absolute Gasteiger partial charge is 0.497 e. The highest BCUT2D eigenvalue weighted by molar-refractivity contribution is 7.71. The molecule has 30 heavy (non-hydrogen) atoms. The predicted octanol–water partition coefficient (Wildman–Crippen LogP) is 3.59. The quantitative estimate of drug-likeness (QED) is 0.564. The maximum absolute atomic E-state index is 8.89. The van der Waals surface area contributed by atoms with Crippen LogP contribution in [-0.2, 0) is 6.67 Å². The Hall–Kier alpha value is -2.95. The molecule has 156 valence electrons. The molecule has 0 bridgehead atoms. The summed E-state index contributed by atoms with van der Waals surface area (Å²) in [7, 11) is 3.71. The molecule has 0 amide bonds. The Balaban J connectivity index is 2.16. The van der Waals surface area contributed by atoms with Crippen molar-refractivity contribution in [2.75, 3.05) is 20.7 Å². The van der Waals surface area contributed by atoms with Crippen molar-refractivity contribution in [2.24, 2.45) is 0 Å². The summed E-state index contributed by atoms with van der Waals surface area (Å²) in [5, 5.41) is 13.8. The summed E-state index contributed by atoms with van der Waals surface area (Å²) in [4.78, 5) is 1.18. The summed E-state index contributed by atoms with van der Waals surface area (Å²) >= 11 is 5.88. The van der Waals surface area contributed by atoms with Crippen LogP contribution in [0.1, 0.15) is 31.7 Å². The zero-order chi connectivity index (χ0) is 21.7. The number of aromatic nitrogens is 3. The summed E-state index contributed by atoms with van der Waals surface area (Å²) in [6.45, 7) is 5.70. The molecular weight excluding hydrogens is 394 g/mol. The van der Waals surface area contributed by atoms with Gasteiger partial charge in [-0.25, -0.2) is 0 Å². The lowest BCUT2D eigenvalue weighted by Crippen LogP contribution is -3.08. The second kappa shape index (κ2) is 9.70. The maximum atomic E-state index is 8.89. The lowest BCUT2D eigenvalue weighted by Gasteiger charge is -2.15. The Morgan fingerprint density at radius 3 is 2.50 bits per heavy atom. The molecule has 0 radical (unpaired) electrons. The highest BCUT2D eigenvalue weighted by atomic mass is 32.1. The van der Waals surface area contributed by atoms with Gasteiger partial charge in [-0.2, -0.15) is 9.94 Å². The van der Waals surface area contributed by atoms with Crippen molar-refractivity contribution in [3.8, 4) is 28.9 Å². The molecule has 1 unspecified atom stereocenters. The van der Waals surface area contributed by atoms with Crippen LogP contribution in [0.5, 0.6) is 5.75 Å². The van der Waals surface area contributed by atoms with Crippen LogP contribution >= 0.6 is 12.2 Å². The third kappa shape index (κ3) is 4.61. The van der Waals surface area contributed by atoms with E-state index in [2.05, 4.69) is 42.7 Å². The van der Waals surface area contributed by atoms with Crippen LogP contribution in [0, 0.1) is 16.1 Å². The Morgan fingerprint density at radius 2 is 1.87 bits per heavy atom. The van der Waals surface area contributed by atoms with E-state index >= 15 is 0 Å². The highest BCUT2D eigenvalue weighted by Crippen LogP contribution is 2.29. The first-order valence-electron chi connectivity index (χ1n) is 10.1. The van der Waals surface area contributed by atoms with Gasteiger partial charge < -0.3 is 9.64 Å².